The molecule has 0 aliphatic heterocycles. The van der Waals surface area contributed by atoms with Crippen molar-refractivity contribution in [3.8, 4) is 0 Å². The van der Waals surface area contributed by atoms with E-state index < -0.39 is 11.5 Å². The van der Waals surface area contributed by atoms with E-state index in [1.165, 1.54) is 0 Å². The van der Waals surface area contributed by atoms with Gasteiger partial charge in [-0.25, -0.2) is 4.79 Å². The highest BCUT2D eigenvalue weighted by atomic mass is 16.5. The van der Waals surface area contributed by atoms with Crippen LogP contribution in [0.4, 0.5) is 5.69 Å². The van der Waals surface area contributed by atoms with E-state index in [0.717, 1.165) is 0 Å². The lowest BCUT2D eigenvalue weighted by molar-refractivity contribution is -0.140. The summed E-state index contributed by atoms with van der Waals surface area (Å²) in [5, 5.41) is 3.24. The van der Waals surface area contributed by atoms with Crippen LogP contribution in [-0.4, -0.2) is 29.7 Å². The van der Waals surface area contributed by atoms with Crippen LogP contribution in [0.1, 0.15) is 52.6 Å². The van der Waals surface area contributed by atoms with Gasteiger partial charge in [0.05, 0.1) is 11.1 Å². The van der Waals surface area contributed by atoms with Crippen LogP contribution >= 0.6 is 0 Å². The zero-order chi connectivity index (χ0) is 19.8. The Kier molecular flexibility index (Phi) is 4.70. The molecule has 138 valence electrons. The number of carbonyl (C=O) groups excluding carboxylic acids is 3. The van der Waals surface area contributed by atoms with Crippen LogP contribution < -0.4 is 5.32 Å². The normalized spacial score (nSPS) is 12.9. The molecule has 0 amide bonds. The highest BCUT2D eigenvalue weighted by Crippen LogP contribution is 2.33. The summed E-state index contributed by atoms with van der Waals surface area (Å²) in [5.41, 5.74) is 1.74. The molecule has 0 radical (unpaired) electrons. The van der Waals surface area contributed by atoms with Crippen molar-refractivity contribution in [2.75, 3.05) is 11.9 Å². The number of rotatable bonds is 5. The third-order valence-corrected chi connectivity index (χ3v) is 4.34. The zero-order valence-corrected chi connectivity index (χ0v) is 15.6. The van der Waals surface area contributed by atoms with Crippen LogP contribution in [0.5, 0.6) is 0 Å². The van der Waals surface area contributed by atoms with E-state index in [1.807, 2.05) is 13.8 Å². The molecule has 0 saturated heterocycles. The fourth-order valence-corrected chi connectivity index (χ4v) is 3.02. The van der Waals surface area contributed by atoms with Crippen LogP contribution in [0.15, 0.2) is 54.6 Å². The van der Waals surface area contributed by atoms with Gasteiger partial charge in [-0.3, -0.25) is 9.59 Å². The Morgan fingerprint density at radius 2 is 1.59 bits per heavy atom. The largest absolute Gasteiger partial charge is 0.460 e. The molecule has 0 saturated carbocycles. The molecule has 2 aromatic rings. The second kappa shape index (κ2) is 6.83. The monoisotopic (exact) mass is 363 g/mol. The molecule has 1 aliphatic rings. The number of nitrogens with one attached hydrogen (secondary N) is 1. The number of ketones is 2. The maximum absolute atomic E-state index is 13.0. The molecule has 2 aromatic carbocycles. The van der Waals surface area contributed by atoms with Gasteiger partial charge in [0.15, 0.2) is 11.6 Å². The molecule has 0 aromatic heterocycles. The lowest BCUT2D eigenvalue weighted by Gasteiger charge is -2.29. The SMILES string of the molecule is C=C(C)C(=O)OCC(C)(C)Nc1cccc2c1C(=O)c1ccccc1C2=O. The minimum absolute atomic E-state index is 0.0844. The molecule has 0 fully saturated rings. The Balaban J connectivity index is 1.93. The molecule has 0 heterocycles. The molecule has 5 nitrogen and oxygen atoms in total. The van der Waals surface area contributed by atoms with E-state index in [0.29, 0.717) is 33.5 Å². The summed E-state index contributed by atoms with van der Waals surface area (Å²) >= 11 is 0. The molecule has 0 bridgehead atoms. The third kappa shape index (κ3) is 3.53. The van der Waals surface area contributed by atoms with Crippen LogP contribution in [0.2, 0.25) is 0 Å². The Morgan fingerprint density at radius 3 is 2.22 bits per heavy atom. The summed E-state index contributed by atoms with van der Waals surface area (Å²) in [6.07, 6.45) is 0. The van der Waals surface area contributed by atoms with E-state index in [9.17, 15) is 14.4 Å². The van der Waals surface area contributed by atoms with Gasteiger partial charge in [-0.2, -0.15) is 0 Å². The highest BCUT2D eigenvalue weighted by Gasteiger charge is 2.32. The zero-order valence-electron chi connectivity index (χ0n) is 15.6. The van der Waals surface area contributed by atoms with Gasteiger partial charge in [0, 0.05) is 28.0 Å². The van der Waals surface area contributed by atoms with E-state index >= 15 is 0 Å². The second-order valence-electron chi connectivity index (χ2n) is 7.30. The molecule has 1 N–H and O–H groups in total. The lowest BCUT2D eigenvalue weighted by Crippen LogP contribution is -2.38. The fraction of sp³-hybridized carbons (Fsp3) is 0.227. The van der Waals surface area contributed by atoms with Crippen molar-refractivity contribution in [2.24, 2.45) is 0 Å². The van der Waals surface area contributed by atoms with Gasteiger partial charge < -0.3 is 10.1 Å². The Morgan fingerprint density at radius 1 is 1.00 bits per heavy atom. The van der Waals surface area contributed by atoms with Gasteiger partial charge in [0.1, 0.15) is 6.61 Å². The number of carbonyl (C=O) groups is 3. The predicted octanol–water partition coefficient (Wildman–Crippen LogP) is 3.77. The molecule has 3 rings (SSSR count). The van der Waals surface area contributed by atoms with Crippen LogP contribution in [0.25, 0.3) is 0 Å². The molecule has 1 aliphatic carbocycles. The highest BCUT2D eigenvalue weighted by molar-refractivity contribution is 6.30. The molecule has 0 spiro atoms. The standard InChI is InChI=1S/C22H21NO4/c1-13(2)21(26)27-12-22(3,4)23-17-11-7-10-16-18(17)20(25)15-9-6-5-8-14(15)19(16)24/h5-11,23H,1,12H2,2-4H3. The van der Waals surface area contributed by atoms with Crippen molar-refractivity contribution >= 4 is 23.2 Å². The first-order chi connectivity index (χ1) is 12.7. The topological polar surface area (TPSA) is 72.5 Å². The number of esters is 1. The van der Waals surface area contributed by atoms with Crippen LogP contribution in [0.3, 0.4) is 0 Å². The van der Waals surface area contributed by atoms with Crippen LogP contribution in [-0.2, 0) is 9.53 Å². The molecular weight excluding hydrogens is 342 g/mol. The fourth-order valence-electron chi connectivity index (χ4n) is 3.02. The second-order valence-corrected chi connectivity index (χ2v) is 7.30. The lowest BCUT2D eigenvalue weighted by atomic mass is 9.83. The summed E-state index contributed by atoms with van der Waals surface area (Å²) in [6.45, 7) is 8.92. The average Bonchev–Trinajstić information content (AvgIpc) is 2.63. The quantitative estimate of drug-likeness (QED) is 0.552. The molecule has 0 atom stereocenters. The van der Waals surface area contributed by atoms with Crippen molar-refractivity contribution in [1.29, 1.82) is 0 Å². The van der Waals surface area contributed by atoms with Gasteiger partial charge in [-0.05, 0) is 26.8 Å². The predicted molar refractivity (Wildman–Crippen MR) is 103 cm³/mol. The van der Waals surface area contributed by atoms with Gasteiger partial charge in [-0.1, -0.05) is 43.0 Å². The number of hydrogen-bond acceptors (Lipinski definition) is 5. The molecule has 27 heavy (non-hydrogen) atoms. The number of ether oxygens (including phenoxy) is 1. The van der Waals surface area contributed by atoms with E-state index in [-0.39, 0.29) is 18.2 Å². The molecule has 0 unspecified atom stereocenters. The maximum atomic E-state index is 13.0. The van der Waals surface area contributed by atoms with Crippen molar-refractivity contribution < 1.29 is 19.1 Å². The van der Waals surface area contributed by atoms with E-state index in [2.05, 4.69) is 11.9 Å². The first-order valence-electron chi connectivity index (χ1n) is 8.63. The average molecular weight is 363 g/mol. The summed E-state index contributed by atoms with van der Waals surface area (Å²) in [5.74, 6) is -0.839. The van der Waals surface area contributed by atoms with Gasteiger partial charge in [0.2, 0.25) is 0 Å². The molecule has 5 heteroatoms. The van der Waals surface area contributed by atoms with E-state index in [1.54, 1.807) is 49.4 Å². The van der Waals surface area contributed by atoms with Crippen molar-refractivity contribution in [3.05, 3.63) is 76.9 Å². The maximum Gasteiger partial charge on any atom is 0.333 e. The summed E-state index contributed by atoms with van der Waals surface area (Å²) in [7, 11) is 0. The number of benzene rings is 2. The first-order valence-corrected chi connectivity index (χ1v) is 8.63. The first kappa shape index (κ1) is 18.6. The van der Waals surface area contributed by atoms with Gasteiger partial charge in [0.25, 0.3) is 0 Å². The van der Waals surface area contributed by atoms with Crippen molar-refractivity contribution in [2.45, 2.75) is 26.3 Å². The van der Waals surface area contributed by atoms with Crippen molar-refractivity contribution in [1.82, 2.24) is 0 Å². The Labute approximate surface area is 158 Å². The van der Waals surface area contributed by atoms with Gasteiger partial charge in [-0.15, -0.1) is 0 Å². The summed E-state index contributed by atoms with van der Waals surface area (Å²) < 4.78 is 5.24. The summed E-state index contributed by atoms with van der Waals surface area (Å²) in [6, 6.07) is 12.0. The van der Waals surface area contributed by atoms with Crippen LogP contribution in [0, 0.1) is 0 Å². The molecular formula is C22H21NO4. The number of fused-ring (bicyclic) bond motifs is 2. The summed E-state index contributed by atoms with van der Waals surface area (Å²) in [4.78, 5) is 37.5. The van der Waals surface area contributed by atoms with E-state index in [4.69, 9.17) is 4.74 Å². The minimum Gasteiger partial charge on any atom is -0.460 e. The smallest absolute Gasteiger partial charge is 0.333 e. The number of anilines is 1. The van der Waals surface area contributed by atoms with Gasteiger partial charge >= 0.3 is 5.97 Å². The minimum atomic E-state index is -0.652. The van der Waals surface area contributed by atoms with Crippen molar-refractivity contribution in [3.63, 3.8) is 0 Å². The number of hydrogen-bond donors (Lipinski definition) is 1. The Hall–Kier alpha value is -3.21. The Bertz CT molecular complexity index is 972. The third-order valence-electron chi connectivity index (χ3n) is 4.34.